The van der Waals surface area contributed by atoms with Gasteiger partial charge in [0.2, 0.25) is 0 Å². The minimum Gasteiger partial charge on any atom is -0.484 e. The maximum atomic E-state index is 11.0. The van der Waals surface area contributed by atoms with Crippen molar-refractivity contribution in [2.24, 2.45) is 11.7 Å². The van der Waals surface area contributed by atoms with Crippen LogP contribution in [0, 0.1) is 16.0 Å². The van der Waals surface area contributed by atoms with E-state index in [-0.39, 0.29) is 17.8 Å². The first-order valence-corrected chi connectivity index (χ1v) is 6.93. The predicted molar refractivity (Wildman–Crippen MR) is 78.0 cm³/mol. The van der Waals surface area contributed by atoms with E-state index in [0.29, 0.717) is 18.2 Å². The van der Waals surface area contributed by atoms with Crippen molar-refractivity contribution >= 4 is 11.4 Å². The molecule has 1 atom stereocenters. The van der Waals surface area contributed by atoms with Crippen molar-refractivity contribution in [2.75, 3.05) is 11.9 Å². The summed E-state index contributed by atoms with van der Waals surface area (Å²) in [6.45, 7) is 4.25. The molecule has 2 rings (SSSR count). The normalized spacial score (nSPS) is 16.0. The molecule has 1 aromatic carbocycles. The van der Waals surface area contributed by atoms with E-state index in [0.717, 1.165) is 5.69 Å². The van der Waals surface area contributed by atoms with E-state index < -0.39 is 4.92 Å². The van der Waals surface area contributed by atoms with Crippen LogP contribution in [0.15, 0.2) is 18.2 Å². The summed E-state index contributed by atoms with van der Waals surface area (Å²) in [5, 5.41) is 14.3. The van der Waals surface area contributed by atoms with Gasteiger partial charge in [-0.3, -0.25) is 10.1 Å². The number of rotatable bonds is 7. The maximum absolute atomic E-state index is 11.0. The van der Waals surface area contributed by atoms with E-state index in [2.05, 4.69) is 5.32 Å². The number of ether oxygens (including phenoxy) is 1. The highest BCUT2D eigenvalue weighted by atomic mass is 16.6. The van der Waals surface area contributed by atoms with E-state index >= 15 is 0 Å². The second-order valence-electron chi connectivity index (χ2n) is 5.43. The second kappa shape index (κ2) is 6.09. The van der Waals surface area contributed by atoms with Gasteiger partial charge in [0.05, 0.1) is 11.0 Å². The minimum atomic E-state index is -0.428. The lowest BCUT2D eigenvalue weighted by molar-refractivity contribution is -0.386. The lowest BCUT2D eigenvalue weighted by atomic mass is 10.1. The van der Waals surface area contributed by atoms with Gasteiger partial charge in [-0.15, -0.1) is 0 Å². The smallest absolute Gasteiger partial charge is 0.311 e. The monoisotopic (exact) mass is 279 g/mol. The number of nitrogens with one attached hydrogen (secondary N) is 1. The fourth-order valence-corrected chi connectivity index (χ4v) is 2.18. The molecular formula is C14H21N3O3. The number of benzene rings is 1. The van der Waals surface area contributed by atoms with Gasteiger partial charge in [-0.2, -0.15) is 0 Å². The number of hydrogen-bond donors (Lipinski definition) is 2. The molecule has 1 saturated carbocycles. The Labute approximate surface area is 118 Å². The lowest BCUT2D eigenvalue weighted by Gasteiger charge is -2.18. The molecule has 1 aromatic rings. The number of nitro groups is 1. The highest BCUT2D eigenvalue weighted by Gasteiger charge is 2.30. The lowest BCUT2D eigenvalue weighted by Crippen LogP contribution is -2.30. The van der Waals surface area contributed by atoms with E-state index in [4.69, 9.17) is 10.5 Å². The Balaban J connectivity index is 2.19. The van der Waals surface area contributed by atoms with Crippen molar-refractivity contribution in [2.45, 2.75) is 38.8 Å². The Morgan fingerprint density at radius 2 is 2.20 bits per heavy atom. The molecule has 6 heteroatoms. The summed E-state index contributed by atoms with van der Waals surface area (Å²) >= 11 is 0. The van der Waals surface area contributed by atoms with Gasteiger partial charge < -0.3 is 15.8 Å². The van der Waals surface area contributed by atoms with Gasteiger partial charge in [0.1, 0.15) is 0 Å². The number of anilines is 1. The summed E-state index contributed by atoms with van der Waals surface area (Å²) in [6, 6.07) is 5.09. The molecule has 0 bridgehead atoms. The van der Waals surface area contributed by atoms with Gasteiger partial charge in [0.15, 0.2) is 5.75 Å². The Hall–Kier alpha value is -1.82. The third-order valence-electron chi connectivity index (χ3n) is 3.32. The van der Waals surface area contributed by atoms with E-state index in [1.807, 2.05) is 13.8 Å². The largest absolute Gasteiger partial charge is 0.484 e. The van der Waals surface area contributed by atoms with Crippen LogP contribution in [0.2, 0.25) is 0 Å². The van der Waals surface area contributed by atoms with Gasteiger partial charge in [0, 0.05) is 30.4 Å². The van der Waals surface area contributed by atoms with Crippen LogP contribution in [0.3, 0.4) is 0 Å². The van der Waals surface area contributed by atoms with Crippen LogP contribution in [-0.4, -0.2) is 23.6 Å². The van der Waals surface area contributed by atoms with Gasteiger partial charge in [-0.05, 0) is 38.7 Å². The third-order valence-corrected chi connectivity index (χ3v) is 3.32. The first-order valence-electron chi connectivity index (χ1n) is 6.93. The van der Waals surface area contributed by atoms with Crippen LogP contribution in [-0.2, 0) is 0 Å². The van der Waals surface area contributed by atoms with Crippen LogP contribution < -0.4 is 15.8 Å². The molecule has 110 valence electrons. The van der Waals surface area contributed by atoms with Crippen molar-refractivity contribution in [3.63, 3.8) is 0 Å². The number of hydrogen-bond acceptors (Lipinski definition) is 5. The van der Waals surface area contributed by atoms with Crippen molar-refractivity contribution in [3.8, 4) is 5.75 Å². The van der Waals surface area contributed by atoms with Gasteiger partial charge >= 0.3 is 5.69 Å². The van der Waals surface area contributed by atoms with Crippen molar-refractivity contribution in [3.05, 3.63) is 28.3 Å². The average Bonchev–Trinajstić information content (AvgIpc) is 3.19. The Kier molecular flexibility index (Phi) is 4.44. The molecule has 0 aliphatic heterocycles. The summed E-state index contributed by atoms with van der Waals surface area (Å²) in [5.74, 6) is 0.909. The SMILES string of the molecule is CC(C)Oc1cc(NC(CN)C2CC2)ccc1[N+](=O)[O-]. The summed E-state index contributed by atoms with van der Waals surface area (Å²) in [5.41, 5.74) is 6.56. The topological polar surface area (TPSA) is 90.4 Å². The van der Waals surface area contributed by atoms with Gasteiger partial charge in [0.25, 0.3) is 0 Å². The highest BCUT2D eigenvalue weighted by molar-refractivity contribution is 5.58. The molecule has 0 heterocycles. The Morgan fingerprint density at radius 1 is 1.50 bits per heavy atom. The zero-order chi connectivity index (χ0) is 14.7. The predicted octanol–water partition coefficient (Wildman–Crippen LogP) is 2.53. The molecule has 20 heavy (non-hydrogen) atoms. The van der Waals surface area contributed by atoms with Crippen molar-refractivity contribution in [1.82, 2.24) is 0 Å². The molecule has 1 aliphatic carbocycles. The zero-order valence-electron chi connectivity index (χ0n) is 11.8. The van der Waals surface area contributed by atoms with Crippen LogP contribution in [0.4, 0.5) is 11.4 Å². The molecule has 6 nitrogen and oxygen atoms in total. The number of nitro benzene ring substituents is 1. The summed E-state index contributed by atoms with van der Waals surface area (Å²) < 4.78 is 5.53. The van der Waals surface area contributed by atoms with Crippen LogP contribution in [0.25, 0.3) is 0 Å². The Morgan fingerprint density at radius 3 is 2.70 bits per heavy atom. The zero-order valence-corrected chi connectivity index (χ0v) is 11.8. The number of nitrogens with zero attached hydrogens (tertiary/aromatic N) is 1. The highest BCUT2D eigenvalue weighted by Crippen LogP contribution is 2.36. The molecule has 0 saturated heterocycles. The summed E-state index contributed by atoms with van der Waals surface area (Å²) in [4.78, 5) is 10.6. The van der Waals surface area contributed by atoms with Crippen molar-refractivity contribution in [1.29, 1.82) is 0 Å². The standard InChI is InChI=1S/C14H21N3O3/c1-9(2)20-14-7-11(5-6-13(14)17(18)19)16-12(8-15)10-3-4-10/h5-7,9-10,12,16H,3-4,8,15H2,1-2H3. The molecular weight excluding hydrogens is 258 g/mol. The molecule has 0 radical (unpaired) electrons. The molecule has 1 fully saturated rings. The fraction of sp³-hybridized carbons (Fsp3) is 0.571. The Bertz CT molecular complexity index is 487. The van der Waals surface area contributed by atoms with Crippen LogP contribution in [0.1, 0.15) is 26.7 Å². The van der Waals surface area contributed by atoms with E-state index in [1.165, 1.54) is 18.9 Å². The second-order valence-corrected chi connectivity index (χ2v) is 5.43. The van der Waals surface area contributed by atoms with Gasteiger partial charge in [-0.1, -0.05) is 0 Å². The molecule has 0 spiro atoms. The quantitative estimate of drug-likeness (QED) is 0.591. The molecule has 1 aliphatic rings. The van der Waals surface area contributed by atoms with Crippen molar-refractivity contribution < 1.29 is 9.66 Å². The third kappa shape index (κ3) is 3.60. The maximum Gasteiger partial charge on any atom is 0.311 e. The van der Waals surface area contributed by atoms with Crippen LogP contribution in [0.5, 0.6) is 5.75 Å². The molecule has 0 aromatic heterocycles. The van der Waals surface area contributed by atoms with Gasteiger partial charge in [-0.25, -0.2) is 0 Å². The number of nitrogens with two attached hydrogens (primary N) is 1. The van der Waals surface area contributed by atoms with E-state index in [9.17, 15) is 10.1 Å². The molecule has 0 amide bonds. The minimum absolute atomic E-state index is 0.0139. The van der Waals surface area contributed by atoms with E-state index in [1.54, 1.807) is 12.1 Å². The average molecular weight is 279 g/mol. The van der Waals surface area contributed by atoms with Crippen LogP contribution >= 0.6 is 0 Å². The molecule has 3 N–H and O–H groups in total. The summed E-state index contributed by atoms with van der Waals surface area (Å²) in [6.07, 6.45) is 2.27. The summed E-state index contributed by atoms with van der Waals surface area (Å²) in [7, 11) is 0. The molecule has 1 unspecified atom stereocenters. The fourth-order valence-electron chi connectivity index (χ4n) is 2.18. The first-order chi connectivity index (χ1) is 9.51. The first kappa shape index (κ1) is 14.6.